The molecule has 1 aromatic rings. The molecule has 1 aliphatic heterocycles. The van der Waals surface area contributed by atoms with Gasteiger partial charge in [-0.05, 0) is 18.6 Å². The lowest BCUT2D eigenvalue weighted by Crippen LogP contribution is -2.48. The summed E-state index contributed by atoms with van der Waals surface area (Å²) in [5.41, 5.74) is 0.581. The Bertz CT molecular complexity index is 446. The highest BCUT2D eigenvalue weighted by Crippen LogP contribution is 2.17. The third-order valence-corrected chi connectivity index (χ3v) is 3.21. The lowest BCUT2D eigenvalue weighted by molar-refractivity contribution is -0.151. The summed E-state index contributed by atoms with van der Waals surface area (Å²) in [4.78, 5) is 23.7. The van der Waals surface area contributed by atoms with Crippen molar-refractivity contribution < 1.29 is 19.1 Å². The minimum Gasteiger partial charge on any atom is -0.469 e. The zero-order valence-corrected chi connectivity index (χ0v) is 10.8. The fourth-order valence-corrected chi connectivity index (χ4v) is 2.14. The van der Waals surface area contributed by atoms with Gasteiger partial charge in [-0.25, -0.2) is 0 Å². The predicted molar refractivity (Wildman–Crippen MR) is 68.6 cm³/mol. The zero-order chi connectivity index (χ0) is 13.7. The topological polar surface area (TPSA) is 64.6 Å². The lowest BCUT2D eigenvalue weighted by Gasteiger charge is -2.30. The van der Waals surface area contributed by atoms with Gasteiger partial charge in [0, 0.05) is 18.2 Å². The number of amides is 1. The van der Waals surface area contributed by atoms with E-state index in [0.717, 1.165) is 0 Å². The molecule has 1 amide bonds. The number of methoxy groups -OCH3 is 1. The smallest absolute Gasteiger partial charge is 0.313 e. The van der Waals surface area contributed by atoms with Crippen molar-refractivity contribution in [2.24, 2.45) is 5.92 Å². The predicted octanol–water partition coefficient (Wildman–Crippen LogP) is 0.994. The van der Waals surface area contributed by atoms with E-state index in [2.05, 4.69) is 5.32 Å². The number of hydrogen-bond donors (Lipinski definition) is 1. The summed E-state index contributed by atoms with van der Waals surface area (Å²) in [5, 5.41) is 2.88. The van der Waals surface area contributed by atoms with Crippen LogP contribution in [0.5, 0.6) is 0 Å². The Morgan fingerprint density at radius 2 is 2.05 bits per heavy atom. The van der Waals surface area contributed by atoms with Gasteiger partial charge in [0.05, 0.1) is 13.7 Å². The van der Waals surface area contributed by atoms with E-state index in [4.69, 9.17) is 9.47 Å². The summed E-state index contributed by atoms with van der Waals surface area (Å²) < 4.78 is 10.0. The van der Waals surface area contributed by atoms with Crippen molar-refractivity contribution in [3.05, 3.63) is 35.9 Å². The summed E-state index contributed by atoms with van der Waals surface area (Å²) >= 11 is 0. The van der Waals surface area contributed by atoms with Gasteiger partial charge in [-0.15, -0.1) is 0 Å². The third-order valence-electron chi connectivity index (χ3n) is 3.21. The summed E-state index contributed by atoms with van der Waals surface area (Å²) in [5.74, 6) is -0.967. The van der Waals surface area contributed by atoms with E-state index < -0.39 is 5.92 Å². The van der Waals surface area contributed by atoms with E-state index in [-0.39, 0.29) is 24.5 Å². The minimum atomic E-state index is -0.439. The summed E-state index contributed by atoms with van der Waals surface area (Å²) in [6, 6.07) is 8.69. The van der Waals surface area contributed by atoms with Gasteiger partial charge < -0.3 is 14.8 Å². The van der Waals surface area contributed by atoms with Crippen LogP contribution in [0, 0.1) is 5.92 Å². The highest BCUT2D eigenvalue weighted by molar-refractivity contribution is 5.94. The molecular formula is C14H17NO4. The van der Waals surface area contributed by atoms with Crippen LogP contribution in [-0.2, 0) is 14.3 Å². The highest BCUT2D eigenvalue weighted by atomic mass is 16.5. The first-order valence-corrected chi connectivity index (χ1v) is 6.24. The Morgan fingerprint density at radius 1 is 1.32 bits per heavy atom. The van der Waals surface area contributed by atoms with Crippen LogP contribution >= 0.6 is 0 Å². The Labute approximate surface area is 111 Å². The molecule has 5 heteroatoms. The Kier molecular flexibility index (Phi) is 4.52. The van der Waals surface area contributed by atoms with E-state index in [1.807, 2.05) is 6.07 Å². The molecule has 1 N–H and O–H groups in total. The number of nitrogens with one attached hydrogen (secondary N) is 1. The molecular weight excluding hydrogens is 246 g/mol. The first kappa shape index (κ1) is 13.5. The Morgan fingerprint density at radius 3 is 2.74 bits per heavy atom. The van der Waals surface area contributed by atoms with Crippen molar-refractivity contribution in [3.8, 4) is 0 Å². The molecule has 0 bridgehead atoms. The molecule has 102 valence electrons. The fourth-order valence-electron chi connectivity index (χ4n) is 2.14. The van der Waals surface area contributed by atoms with Gasteiger partial charge in [-0.1, -0.05) is 18.2 Å². The quantitative estimate of drug-likeness (QED) is 0.826. The Balaban J connectivity index is 2.03. The average Bonchev–Trinajstić information content (AvgIpc) is 2.48. The standard InChI is InChI=1S/C14H17NO4/c1-18-14(17)11-9-19-8-7-12(11)15-13(16)10-5-3-2-4-6-10/h2-6,11-12H,7-9H2,1H3,(H,15,16)/t11-,12+/m0/s1. The number of benzene rings is 1. The van der Waals surface area contributed by atoms with Gasteiger partial charge in [-0.3, -0.25) is 9.59 Å². The number of esters is 1. The van der Waals surface area contributed by atoms with Crippen LogP contribution in [0.25, 0.3) is 0 Å². The molecule has 1 saturated heterocycles. The molecule has 2 rings (SSSR count). The maximum atomic E-state index is 12.1. The maximum absolute atomic E-state index is 12.1. The number of carbonyl (C=O) groups is 2. The third kappa shape index (κ3) is 3.32. The Hall–Kier alpha value is -1.88. The lowest BCUT2D eigenvalue weighted by atomic mass is 9.95. The van der Waals surface area contributed by atoms with Crippen molar-refractivity contribution in [1.29, 1.82) is 0 Å². The molecule has 0 saturated carbocycles. The van der Waals surface area contributed by atoms with Crippen LogP contribution in [0.1, 0.15) is 16.8 Å². The number of carbonyl (C=O) groups excluding carboxylic acids is 2. The minimum absolute atomic E-state index is 0.179. The van der Waals surface area contributed by atoms with Gasteiger partial charge >= 0.3 is 5.97 Å². The van der Waals surface area contributed by atoms with E-state index >= 15 is 0 Å². The van der Waals surface area contributed by atoms with E-state index in [1.165, 1.54) is 7.11 Å². The second kappa shape index (κ2) is 6.33. The van der Waals surface area contributed by atoms with Gasteiger partial charge in [0.25, 0.3) is 5.91 Å². The van der Waals surface area contributed by atoms with Crippen LogP contribution in [0.4, 0.5) is 0 Å². The summed E-state index contributed by atoms with van der Waals surface area (Å²) in [6.45, 7) is 0.819. The van der Waals surface area contributed by atoms with Gasteiger partial charge in [0.2, 0.25) is 0 Å². The van der Waals surface area contributed by atoms with Crippen LogP contribution in [-0.4, -0.2) is 38.2 Å². The van der Waals surface area contributed by atoms with Crippen LogP contribution in [0.3, 0.4) is 0 Å². The molecule has 0 spiro atoms. The molecule has 1 heterocycles. The first-order chi connectivity index (χ1) is 9.22. The second-order valence-corrected chi connectivity index (χ2v) is 4.44. The molecule has 1 aliphatic rings. The van der Waals surface area contributed by atoms with Crippen LogP contribution in [0.2, 0.25) is 0 Å². The molecule has 1 fully saturated rings. The maximum Gasteiger partial charge on any atom is 0.313 e. The van der Waals surface area contributed by atoms with Gasteiger partial charge in [0.15, 0.2) is 0 Å². The van der Waals surface area contributed by atoms with Gasteiger partial charge in [-0.2, -0.15) is 0 Å². The fraction of sp³-hybridized carbons (Fsp3) is 0.429. The molecule has 1 aromatic carbocycles. The molecule has 0 unspecified atom stereocenters. The van der Waals surface area contributed by atoms with E-state index in [0.29, 0.717) is 18.6 Å². The molecule has 0 aromatic heterocycles. The molecule has 19 heavy (non-hydrogen) atoms. The van der Waals surface area contributed by atoms with Crippen molar-refractivity contribution >= 4 is 11.9 Å². The van der Waals surface area contributed by atoms with Crippen molar-refractivity contribution in [2.75, 3.05) is 20.3 Å². The summed E-state index contributed by atoms with van der Waals surface area (Å²) in [7, 11) is 1.34. The summed E-state index contributed by atoms with van der Waals surface area (Å²) in [6.07, 6.45) is 0.609. The van der Waals surface area contributed by atoms with Gasteiger partial charge in [0.1, 0.15) is 5.92 Å². The normalized spacial score (nSPS) is 22.6. The van der Waals surface area contributed by atoms with Crippen molar-refractivity contribution in [1.82, 2.24) is 5.32 Å². The number of rotatable bonds is 3. The van der Waals surface area contributed by atoms with Crippen LogP contribution in [0.15, 0.2) is 30.3 Å². The van der Waals surface area contributed by atoms with E-state index in [9.17, 15) is 9.59 Å². The number of hydrogen-bond acceptors (Lipinski definition) is 4. The molecule has 2 atom stereocenters. The number of ether oxygens (including phenoxy) is 2. The van der Waals surface area contributed by atoms with Crippen molar-refractivity contribution in [3.63, 3.8) is 0 Å². The second-order valence-electron chi connectivity index (χ2n) is 4.44. The monoisotopic (exact) mass is 263 g/mol. The molecule has 5 nitrogen and oxygen atoms in total. The largest absolute Gasteiger partial charge is 0.469 e. The van der Waals surface area contributed by atoms with Crippen molar-refractivity contribution in [2.45, 2.75) is 12.5 Å². The first-order valence-electron chi connectivity index (χ1n) is 6.24. The average molecular weight is 263 g/mol. The van der Waals surface area contributed by atoms with E-state index in [1.54, 1.807) is 24.3 Å². The molecule has 0 aliphatic carbocycles. The zero-order valence-electron chi connectivity index (χ0n) is 10.8. The SMILES string of the molecule is COC(=O)[C@H]1COCC[C@H]1NC(=O)c1ccccc1. The highest BCUT2D eigenvalue weighted by Gasteiger charge is 2.33. The molecule has 0 radical (unpaired) electrons. The van der Waals surface area contributed by atoms with Crippen LogP contribution < -0.4 is 5.32 Å².